The SMILES string of the molecule is CCCC(CC)n1ccnc1.N. The van der Waals surface area contributed by atoms with E-state index in [4.69, 9.17) is 0 Å². The van der Waals surface area contributed by atoms with E-state index in [0.717, 1.165) is 0 Å². The average molecular weight is 169 g/mol. The first-order valence-corrected chi connectivity index (χ1v) is 4.36. The van der Waals surface area contributed by atoms with E-state index in [1.54, 1.807) is 0 Å². The van der Waals surface area contributed by atoms with Crippen LogP contribution in [-0.4, -0.2) is 9.55 Å². The second-order valence-electron chi connectivity index (χ2n) is 2.86. The summed E-state index contributed by atoms with van der Waals surface area (Å²) >= 11 is 0. The summed E-state index contributed by atoms with van der Waals surface area (Å²) in [4.78, 5) is 4.04. The lowest BCUT2D eigenvalue weighted by Crippen LogP contribution is -2.04. The Kier molecular flexibility index (Phi) is 5.37. The molecule has 3 N–H and O–H groups in total. The summed E-state index contributed by atoms with van der Waals surface area (Å²) < 4.78 is 2.20. The summed E-state index contributed by atoms with van der Waals surface area (Å²) in [6, 6.07) is 0.655. The highest BCUT2D eigenvalue weighted by atomic mass is 15.0. The highest BCUT2D eigenvalue weighted by Gasteiger charge is 2.04. The number of rotatable bonds is 4. The zero-order valence-electron chi connectivity index (χ0n) is 8.03. The van der Waals surface area contributed by atoms with E-state index >= 15 is 0 Å². The van der Waals surface area contributed by atoms with E-state index in [-0.39, 0.29) is 6.15 Å². The third kappa shape index (κ3) is 2.66. The van der Waals surface area contributed by atoms with Gasteiger partial charge in [0, 0.05) is 18.4 Å². The van der Waals surface area contributed by atoms with Crippen LogP contribution in [0.1, 0.15) is 39.2 Å². The first-order valence-electron chi connectivity index (χ1n) is 4.36. The zero-order chi connectivity index (χ0) is 8.10. The Morgan fingerprint density at radius 2 is 2.17 bits per heavy atom. The molecule has 0 radical (unpaired) electrons. The standard InChI is InChI=1S/C9H16N2.H3N/c1-3-5-9(4-2)11-7-6-10-8-11;/h6-9H,3-5H2,1-2H3;1H3. The molecule has 12 heavy (non-hydrogen) atoms. The van der Waals surface area contributed by atoms with Crippen molar-refractivity contribution in [2.24, 2.45) is 0 Å². The molecule has 3 heteroatoms. The van der Waals surface area contributed by atoms with Crippen molar-refractivity contribution in [1.82, 2.24) is 15.7 Å². The van der Waals surface area contributed by atoms with Gasteiger partial charge in [-0.05, 0) is 12.8 Å². The molecule has 0 aromatic carbocycles. The van der Waals surface area contributed by atoms with Crippen molar-refractivity contribution >= 4 is 0 Å². The van der Waals surface area contributed by atoms with Crippen LogP contribution in [0.3, 0.4) is 0 Å². The summed E-state index contributed by atoms with van der Waals surface area (Å²) in [5.41, 5.74) is 0. The van der Waals surface area contributed by atoms with Crippen molar-refractivity contribution in [1.29, 1.82) is 0 Å². The smallest absolute Gasteiger partial charge is 0.0948 e. The molecule has 0 bridgehead atoms. The van der Waals surface area contributed by atoms with Crippen LogP contribution in [-0.2, 0) is 0 Å². The maximum Gasteiger partial charge on any atom is 0.0948 e. The number of hydrogen-bond acceptors (Lipinski definition) is 2. The predicted molar refractivity (Wildman–Crippen MR) is 51.5 cm³/mol. The molecular weight excluding hydrogens is 150 g/mol. The lowest BCUT2D eigenvalue weighted by Gasteiger charge is -2.14. The molecular formula is C9H19N3. The Morgan fingerprint density at radius 3 is 2.58 bits per heavy atom. The van der Waals surface area contributed by atoms with Crippen LogP contribution in [0.25, 0.3) is 0 Å². The third-order valence-corrected chi connectivity index (χ3v) is 2.04. The molecule has 0 aliphatic rings. The second-order valence-corrected chi connectivity index (χ2v) is 2.86. The van der Waals surface area contributed by atoms with E-state index in [0.29, 0.717) is 6.04 Å². The Balaban J connectivity index is 0.00000121. The van der Waals surface area contributed by atoms with Crippen LogP contribution in [0.15, 0.2) is 18.7 Å². The number of nitrogens with zero attached hydrogens (tertiary/aromatic N) is 2. The quantitative estimate of drug-likeness (QED) is 0.753. The minimum atomic E-state index is 0. The lowest BCUT2D eigenvalue weighted by molar-refractivity contribution is 0.447. The molecule has 1 atom stereocenters. The largest absolute Gasteiger partial charge is 0.344 e. The molecule has 70 valence electrons. The van der Waals surface area contributed by atoms with Gasteiger partial charge in [0.1, 0.15) is 0 Å². The van der Waals surface area contributed by atoms with Gasteiger partial charge in [0.15, 0.2) is 0 Å². The summed E-state index contributed by atoms with van der Waals surface area (Å²) in [6.07, 6.45) is 9.50. The minimum Gasteiger partial charge on any atom is -0.344 e. The molecule has 1 heterocycles. The van der Waals surface area contributed by atoms with Crippen molar-refractivity contribution in [3.63, 3.8) is 0 Å². The maximum absolute atomic E-state index is 4.04. The molecule has 1 aromatic heterocycles. The summed E-state index contributed by atoms with van der Waals surface area (Å²) in [7, 11) is 0. The molecule has 0 saturated carbocycles. The fraction of sp³-hybridized carbons (Fsp3) is 0.667. The lowest BCUT2D eigenvalue weighted by atomic mass is 10.1. The maximum atomic E-state index is 4.04. The van der Waals surface area contributed by atoms with Gasteiger partial charge >= 0.3 is 0 Å². The topological polar surface area (TPSA) is 52.8 Å². The van der Waals surface area contributed by atoms with Gasteiger partial charge in [0.25, 0.3) is 0 Å². The van der Waals surface area contributed by atoms with Crippen molar-refractivity contribution in [2.75, 3.05) is 0 Å². The molecule has 0 aliphatic carbocycles. The molecule has 1 aromatic rings. The first kappa shape index (κ1) is 11.2. The predicted octanol–water partition coefficient (Wildman–Crippen LogP) is 2.80. The zero-order valence-corrected chi connectivity index (χ0v) is 8.03. The Bertz CT molecular complexity index is 182. The van der Waals surface area contributed by atoms with Crippen molar-refractivity contribution in [3.05, 3.63) is 18.7 Å². The highest BCUT2D eigenvalue weighted by molar-refractivity contribution is 4.79. The van der Waals surface area contributed by atoms with Crippen LogP contribution in [0, 0.1) is 0 Å². The van der Waals surface area contributed by atoms with Gasteiger partial charge in [-0.2, -0.15) is 0 Å². The monoisotopic (exact) mass is 169 g/mol. The Labute approximate surface area is 74.4 Å². The van der Waals surface area contributed by atoms with Crippen LogP contribution in [0.5, 0.6) is 0 Å². The van der Waals surface area contributed by atoms with Gasteiger partial charge in [-0.15, -0.1) is 0 Å². The normalized spacial score (nSPS) is 12.2. The number of aromatic nitrogens is 2. The summed E-state index contributed by atoms with van der Waals surface area (Å²) in [6.45, 7) is 4.44. The van der Waals surface area contributed by atoms with E-state index in [9.17, 15) is 0 Å². The van der Waals surface area contributed by atoms with Crippen LogP contribution in [0.2, 0.25) is 0 Å². The van der Waals surface area contributed by atoms with Gasteiger partial charge < -0.3 is 10.7 Å². The van der Waals surface area contributed by atoms with Crippen molar-refractivity contribution < 1.29 is 0 Å². The van der Waals surface area contributed by atoms with Gasteiger partial charge in [-0.1, -0.05) is 20.3 Å². The van der Waals surface area contributed by atoms with Crippen molar-refractivity contribution in [2.45, 2.75) is 39.2 Å². The minimum absolute atomic E-state index is 0. The second kappa shape index (κ2) is 5.77. The van der Waals surface area contributed by atoms with Gasteiger partial charge in [-0.25, -0.2) is 4.98 Å². The molecule has 0 amide bonds. The highest BCUT2D eigenvalue weighted by Crippen LogP contribution is 2.16. The van der Waals surface area contributed by atoms with E-state index in [1.165, 1.54) is 19.3 Å². The molecule has 0 aliphatic heterocycles. The van der Waals surface area contributed by atoms with Crippen LogP contribution >= 0.6 is 0 Å². The Morgan fingerprint density at radius 1 is 1.42 bits per heavy atom. The van der Waals surface area contributed by atoms with Crippen LogP contribution in [0.4, 0.5) is 0 Å². The van der Waals surface area contributed by atoms with Gasteiger partial charge in [0.05, 0.1) is 6.33 Å². The fourth-order valence-electron chi connectivity index (χ4n) is 1.38. The molecule has 0 spiro atoms. The van der Waals surface area contributed by atoms with E-state index in [1.807, 2.05) is 18.7 Å². The van der Waals surface area contributed by atoms with Crippen LogP contribution < -0.4 is 6.15 Å². The van der Waals surface area contributed by atoms with Crippen molar-refractivity contribution in [3.8, 4) is 0 Å². The third-order valence-electron chi connectivity index (χ3n) is 2.04. The fourth-order valence-corrected chi connectivity index (χ4v) is 1.38. The average Bonchev–Trinajstić information content (AvgIpc) is 2.52. The molecule has 0 fully saturated rings. The molecule has 3 nitrogen and oxygen atoms in total. The Hall–Kier alpha value is -0.830. The molecule has 0 saturated heterocycles. The summed E-state index contributed by atoms with van der Waals surface area (Å²) in [5, 5.41) is 0. The van der Waals surface area contributed by atoms with E-state index in [2.05, 4.69) is 23.4 Å². The molecule has 1 rings (SSSR count). The number of imidazole rings is 1. The van der Waals surface area contributed by atoms with Gasteiger partial charge in [-0.3, -0.25) is 0 Å². The molecule has 1 unspecified atom stereocenters. The summed E-state index contributed by atoms with van der Waals surface area (Å²) in [5.74, 6) is 0. The van der Waals surface area contributed by atoms with Gasteiger partial charge in [0.2, 0.25) is 0 Å². The first-order chi connectivity index (χ1) is 5.38. The van der Waals surface area contributed by atoms with E-state index < -0.39 is 0 Å². The number of hydrogen-bond donors (Lipinski definition) is 1.